The van der Waals surface area contributed by atoms with Crippen molar-refractivity contribution < 1.29 is 4.39 Å². The minimum absolute atomic E-state index is 0.188. The molecule has 21 heavy (non-hydrogen) atoms. The summed E-state index contributed by atoms with van der Waals surface area (Å²) in [5, 5.41) is 1.03. The Bertz CT molecular complexity index is 828. The third-order valence-electron chi connectivity index (χ3n) is 3.89. The molecule has 0 saturated heterocycles. The first-order chi connectivity index (χ1) is 10.3. The molecular formula is C16H14FN3S. The molecule has 0 spiro atoms. The molecule has 0 aliphatic carbocycles. The second-order valence-corrected chi connectivity index (χ2v) is 6.03. The molecule has 106 valence electrons. The fraction of sp³-hybridized carbons (Fsp3) is 0.125. The summed E-state index contributed by atoms with van der Waals surface area (Å²) in [6.07, 6.45) is 1.93. The topological polar surface area (TPSA) is 53.8 Å². The Morgan fingerprint density at radius 1 is 1.19 bits per heavy atom. The predicted molar refractivity (Wildman–Crippen MR) is 84.5 cm³/mol. The minimum Gasteiger partial charge on any atom is -0.360 e. The Morgan fingerprint density at radius 2 is 2.10 bits per heavy atom. The Labute approximate surface area is 125 Å². The number of fused-ring (bicyclic) bond motifs is 2. The summed E-state index contributed by atoms with van der Waals surface area (Å²) in [5.74, 6) is -0.228. The van der Waals surface area contributed by atoms with Crippen LogP contribution in [0.15, 0.2) is 47.5 Å². The number of aromatic nitrogens is 1. The van der Waals surface area contributed by atoms with Crippen LogP contribution in [0.2, 0.25) is 0 Å². The van der Waals surface area contributed by atoms with Crippen LogP contribution in [0, 0.1) is 5.82 Å². The summed E-state index contributed by atoms with van der Waals surface area (Å²) in [4.78, 5) is 4.36. The van der Waals surface area contributed by atoms with Crippen LogP contribution in [0.5, 0.6) is 0 Å². The van der Waals surface area contributed by atoms with Gasteiger partial charge in [-0.3, -0.25) is 4.72 Å². The lowest BCUT2D eigenvalue weighted by Gasteiger charge is -2.09. The fourth-order valence-electron chi connectivity index (χ4n) is 2.79. The molecule has 0 fully saturated rings. The van der Waals surface area contributed by atoms with Crippen molar-refractivity contribution in [3.05, 3.63) is 54.0 Å². The molecule has 0 amide bonds. The van der Waals surface area contributed by atoms with E-state index in [0.717, 1.165) is 22.0 Å². The van der Waals surface area contributed by atoms with E-state index in [1.807, 2.05) is 12.3 Å². The van der Waals surface area contributed by atoms with Gasteiger partial charge in [-0.1, -0.05) is 6.07 Å². The smallest absolute Gasteiger partial charge is 0.125 e. The quantitative estimate of drug-likeness (QED) is 0.634. The maximum absolute atomic E-state index is 13.3. The van der Waals surface area contributed by atoms with Crippen molar-refractivity contribution in [2.24, 2.45) is 5.73 Å². The van der Waals surface area contributed by atoms with Crippen LogP contribution in [0.3, 0.4) is 0 Å². The zero-order valence-electron chi connectivity index (χ0n) is 11.2. The van der Waals surface area contributed by atoms with E-state index in [4.69, 9.17) is 5.73 Å². The van der Waals surface area contributed by atoms with E-state index in [9.17, 15) is 4.39 Å². The first-order valence-corrected chi connectivity index (χ1v) is 7.61. The van der Waals surface area contributed by atoms with Gasteiger partial charge < -0.3 is 10.7 Å². The summed E-state index contributed by atoms with van der Waals surface area (Å²) in [6.45, 7) is 0.572. The number of rotatable bonds is 2. The number of aromatic amines is 1. The van der Waals surface area contributed by atoms with Crippen LogP contribution in [-0.4, -0.2) is 11.5 Å². The molecule has 4 N–H and O–H groups in total. The molecule has 1 aliphatic heterocycles. The van der Waals surface area contributed by atoms with Gasteiger partial charge in [0, 0.05) is 34.1 Å². The highest BCUT2D eigenvalue weighted by Crippen LogP contribution is 2.38. The van der Waals surface area contributed by atoms with Crippen molar-refractivity contribution in [1.82, 2.24) is 9.71 Å². The maximum Gasteiger partial charge on any atom is 0.125 e. The van der Waals surface area contributed by atoms with Crippen LogP contribution >= 0.6 is 11.9 Å². The first-order valence-electron chi connectivity index (χ1n) is 6.79. The van der Waals surface area contributed by atoms with E-state index in [0.29, 0.717) is 6.54 Å². The highest BCUT2D eigenvalue weighted by molar-refractivity contribution is 7.97. The fourth-order valence-corrected chi connectivity index (χ4v) is 3.74. The van der Waals surface area contributed by atoms with E-state index < -0.39 is 0 Å². The highest BCUT2D eigenvalue weighted by atomic mass is 32.2. The summed E-state index contributed by atoms with van der Waals surface area (Å²) in [6, 6.07) is 11.4. The van der Waals surface area contributed by atoms with Crippen molar-refractivity contribution in [3.8, 4) is 11.1 Å². The van der Waals surface area contributed by atoms with Gasteiger partial charge in [0.1, 0.15) is 5.82 Å². The van der Waals surface area contributed by atoms with E-state index in [2.05, 4.69) is 27.9 Å². The number of nitrogens with two attached hydrogens (primary N) is 1. The van der Waals surface area contributed by atoms with Gasteiger partial charge in [-0.25, -0.2) is 4.39 Å². The number of hydrogen-bond donors (Lipinski definition) is 3. The van der Waals surface area contributed by atoms with Gasteiger partial charge in [0.2, 0.25) is 0 Å². The molecule has 4 rings (SSSR count). The Morgan fingerprint density at radius 3 is 2.95 bits per heavy atom. The summed E-state index contributed by atoms with van der Waals surface area (Å²) >= 11 is 1.62. The van der Waals surface area contributed by atoms with Crippen molar-refractivity contribution in [1.29, 1.82) is 0 Å². The lowest BCUT2D eigenvalue weighted by atomic mass is 9.99. The second-order valence-electron chi connectivity index (χ2n) is 5.15. The third-order valence-corrected chi connectivity index (χ3v) is 4.88. The SMILES string of the molecule is NCC1NSc2ccc(-c3c[nH]c4cc(F)ccc34)cc21. The number of halogens is 1. The standard InChI is InChI=1S/C16H14FN3S/c17-10-2-3-11-13(8-19-14(11)6-10)9-1-4-16-12(5-9)15(7-18)20-21-16/h1-6,8,15,19-20H,7,18H2. The Balaban J connectivity index is 1.86. The molecule has 1 aromatic heterocycles. The predicted octanol–water partition coefficient (Wildman–Crippen LogP) is 3.58. The van der Waals surface area contributed by atoms with E-state index in [1.54, 1.807) is 11.9 Å². The largest absolute Gasteiger partial charge is 0.360 e. The van der Waals surface area contributed by atoms with Gasteiger partial charge >= 0.3 is 0 Å². The molecule has 1 unspecified atom stereocenters. The van der Waals surface area contributed by atoms with Crippen LogP contribution in [-0.2, 0) is 0 Å². The average molecular weight is 299 g/mol. The molecule has 3 aromatic rings. The summed E-state index contributed by atoms with van der Waals surface area (Å²) in [5.41, 5.74) is 10.1. The molecule has 1 atom stereocenters. The molecule has 2 aromatic carbocycles. The zero-order valence-corrected chi connectivity index (χ0v) is 12.0. The van der Waals surface area contributed by atoms with Crippen molar-refractivity contribution in [3.63, 3.8) is 0 Å². The maximum atomic E-state index is 13.3. The van der Waals surface area contributed by atoms with Crippen LogP contribution in [0.4, 0.5) is 4.39 Å². The molecule has 0 bridgehead atoms. The van der Waals surface area contributed by atoms with Gasteiger partial charge in [0.15, 0.2) is 0 Å². The summed E-state index contributed by atoms with van der Waals surface area (Å²) in [7, 11) is 0. The minimum atomic E-state index is -0.228. The van der Waals surface area contributed by atoms with Crippen LogP contribution in [0.25, 0.3) is 22.0 Å². The average Bonchev–Trinajstić information content (AvgIpc) is 3.09. The zero-order chi connectivity index (χ0) is 14.4. The molecule has 3 nitrogen and oxygen atoms in total. The number of hydrogen-bond acceptors (Lipinski definition) is 3. The highest BCUT2D eigenvalue weighted by Gasteiger charge is 2.22. The molecule has 1 aliphatic rings. The molecule has 0 radical (unpaired) electrons. The van der Waals surface area contributed by atoms with Crippen LogP contribution < -0.4 is 10.5 Å². The lowest BCUT2D eigenvalue weighted by Crippen LogP contribution is -2.18. The summed E-state index contributed by atoms with van der Waals surface area (Å²) < 4.78 is 16.6. The van der Waals surface area contributed by atoms with Crippen LogP contribution in [0.1, 0.15) is 11.6 Å². The van der Waals surface area contributed by atoms with E-state index in [-0.39, 0.29) is 11.9 Å². The van der Waals surface area contributed by atoms with Gasteiger partial charge in [0.25, 0.3) is 0 Å². The number of H-pyrrole nitrogens is 1. The normalized spacial score (nSPS) is 17.3. The first kappa shape index (κ1) is 12.9. The molecule has 5 heteroatoms. The van der Waals surface area contributed by atoms with Crippen molar-refractivity contribution >= 4 is 22.9 Å². The van der Waals surface area contributed by atoms with Gasteiger partial charge in [-0.15, -0.1) is 0 Å². The monoisotopic (exact) mass is 299 g/mol. The van der Waals surface area contributed by atoms with Crippen molar-refractivity contribution in [2.45, 2.75) is 10.9 Å². The van der Waals surface area contributed by atoms with Gasteiger partial charge in [0.05, 0.1) is 6.04 Å². The van der Waals surface area contributed by atoms with E-state index >= 15 is 0 Å². The number of nitrogens with one attached hydrogen (secondary N) is 2. The Kier molecular flexibility index (Phi) is 2.99. The number of benzene rings is 2. The van der Waals surface area contributed by atoms with E-state index in [1.165, 1.54) is 22.6 Å². The second kappa shape index (κ2) is 4.87. The lowest BCUT2D eigenvalue weighted by molar-refractivity contribution is 0.629. The van der Waals surface area contributed by atoms with Gasteiger partial charge in [-0.2, -0.15) is 0 Å². The molecule has 2 heterocycles. The van der Waals surface area contributed by atoms with Gasteiger partial charge in [-0.05, 0) is 53.4 Å². The third kappa shape index (κ3) is 2.05. The molecular weight excluding hydrogens is 285 g/mol. The van der Waals surface area contributed by atoms with Crippen molar-refractivity contribution in [2.75, 3.05) is 6.54 Å². The molecule has 0 saturated carbocycles. The Hall–Kier alpha value is -1.82.